The number of rotatable bonds is 9. The van der Waals surface area contributed by atoms with Crippen LogP contribution in [0, 0.1) is 6.92 Å². The summed E-state index contributed by atoms with van der Waals surface area (Å²) in [6.45, 7) is 5.36. The van der Waals surface area contributed by atoms with Gasteiger partial charge in [0, 0.05) is 21.3 Å². The highest BCUT2D eigenvalue weighted by molar-refractivity contribution is 7.90. The molecule has 1 amide bonds. The number of amides is 1. The van der Waals surface area contributed by atoms with Gasteiger partial charge in [0.15, 0.2) is 9.84 Å². The molecule has 210 valence electrons. The minimum absolute atomic E-state index is 0.0747. The van der Waals surface area contributed by atoms with Gasteiger partial charge >= 0.3 is 5.97 Å². The van der Waals surface area contributed by atoms with Crippen molar-refractivity contribution >= 4 is 56.5 Å². The molecule has 0 bridgehead atoms. The van der Waals surface area contributed by atoms with Crippen molar-refractivity contribution in [1.29, 1.82) is 0 Å². The van der Waals surface area contributed by atoms with Crippen LogP contribution < -0.4 is 5.32 Å². The molecule has 0 aliphatic rings. The Balaban J connectivity index is 0.000000404. The Morgan fingerprint density at radius 3 is 2.03 bits per heavy atom. The van der Waals surface area contributed by atoms with Crippen LogP contribution in [0.4, 0.5) is 0 Å². The highest BCUT2D eigenvalue weighted by Gasteiger charge is 2.18. The highest BCUT2D eigenvalue weighted by atomic mass is 35.5. The third kappa shape index (κ3) is 10.8. The number of aryl methyl sites for hydroxylation is 2. The van der Waals surface area contributed by atoms with Crippen molar-refractivity contribution < 1.29 is 23.1 Å². The second-order valence-electron chi connectivity index (χ2n) is 9.42. The molecule has 3 rings (SSSR count). The summed E-state index contributed by atoms with van der Waals surface area (Å²) >= 11 is 18.6. The Kier molecular flexibility index (Phi) is 12.3. The lowest BCUT2D eigenvalue weighted by atomic mass is 9.93. The van der Waals surface area contributed by atoms with E-state index in [1.807, 2.05) is 49.4 Å². The number of carboxylic acids is 1. The standard InChI is InChI=1S/C21H22Cl3NO3.C8H10O2S/c1-12(3-4-14-5-7-16(22)8-6-14)15-9-18(23)17(19(24)10-15)11-20(26)25-13(2)21(27)28;1-7-4-3-5-8(6-7)11(2,9)10/h5-10,12-13H,3-4,11H2,1-2H3,(H,25,26)(H,27,28);3-6H,1-2H3. The molecular formula is C29H32Cl3NO5S. The Hall–Kier alpha value is -2.58. The number of carbonyl (C=O) groups is 2. The topological polar surface area (TPSA) is 101 Å². The summed E-state index contributed by atoms with van der Waals surface area (Å²) in [6, 6.07) is 17.3. The van der Waals surface area contributed by atoms with Crippen LogP contribution in [0.5, 0.6) is 0 Å². The highest BCUT2D eigenvalue weighted by Crippen LogP contribution is 2.32. The van der Waals surface area contributed by atoms with E-state index >= 15 is 0 Å². The lowest BCUT2D eigenvalue weighted by Gasteiger charge is -2.16. The van der Waals surface area contributed by atoms with E-state index in [0.29, 0.717) is 25.5 Å². The number of hydrogen-bond acceptors (Lipinski definition) is 4. The van der Waals surface area contributed by atoms with Gasteiger partial charge in [-0.25, -0.2) is 8.42 Å². The summed E-state index contributed by atoms with van der Waals surface area (Å²) in [5.74, 6) is -1.32. The molecule has 3 aromatic rings. The van der Waals surface area contributed by atoms with E-state index in [0.717, 1.165) is 24.0 Å². The first-order valence-electron chi connectivity index (χ1n) is 12.2. The molecule has 39 heavy (non-hydrogen) atoms. The molecule has 0 aromatic heterocycles. The van der Waals surface area contributed by atoms with E-state index in [9.17, 15) is 18.0 Å². The van der Waals surface area contributed by atoms with Crippen molar-refractivity contribution in [3.8, 4) is 0 Å². The molecule has 0 spiro atoms. The van der Waals surface area contributed by atoms with E-state index in [2.05, 4.69) is 12.2 Å². The van der Waals surface area contributed by atoms with E-state index in [1.54, 1.807) is 18.2 Å². The largest absolute Gasteiger partial charge is 0.480 e. The van der Waals surface area contributed by atoms with Gasteiger partial charge in [-0.15, -0.1) is 0 Å². The zero-order valence-electron chi connectivity index (χ0n) is 22.2. The molecule has 0 heterocycles. The summed E-state index contributed by atoms with van der Waals surface area (Å²) in [6.07, 6.45) is 2.94. The molecule has 6 nitrogen and oxygen atoms in total. The van der Waals surface area contributed by atoms with Gasteiger partial charge in [0.2, 0.25) is 5.91 Å². The first kappa shape index (κ1) is 32.6. The number of hydrogen-bond donors (Lipinski definition) is 2. The Labute approximate surface area is 245 Å². The molecule has 2 N–H and O–H groups in total. The third-order valence-corrected chi connectivity index (χ3v) is 8.05. The van der Waals surface area contributed by atoms with Crippen molar-refractivity contribution in [3.05, 3.63) is 98.0 Å². The maximum absolute atomic E-state index is 12.0. The van der Waals surface area contributed by atoms with Gasteiger partial charge in [0.25, 0.3) is 0 Å². The Morgan fingerprint density at radius 1 is 0.949 bits per heavy atom. The van der Waals surface area contributed by atoms with Crippen LogP contribution >= 0.6 is 34.8 Å². The molecular weight excluding hydrogens is 581 g/mol. The first-order valence-corrected chi connectivity index (χ1v) is 15.2. The molecule has 2 unspecified atom stereocenters. The summed E-state index contributed by atoms with van der Waals surface area (Å²) in [5.41, 5.74) is 3.65. The average molecular weight is 613 g/mol. The van der Waals surface area contributed by atoms with Crippen molar-refractivity contribution in [1.82, 2.24) is 5.32 Å². The van der Waals surface area contributed by atoms with Crippen LogP contribution in [0.15, 0.2) is 65.6 Å². The zero-order valence-corrected chi connectivity index (χ0v) is 25.3. The number of sulfone groups is 1. The average Bonchev–Trinajstić information content (AvgIpc) is 2.85. The van der Waals surface area contributed by atoms with Crippen molar-refractivity contribution in [2.75, 3.05) is 6.26 Å². The predicted molar refractivity (Wildman–Crippen MR) is 158 cm³/mol. The summed E-state index contributed by atoms with van der Waals surface area (Å²) in [5, 5.41) is 12.8. The number of carboxylic acid groups (broad SMARTS) is 1. The van der Waals surface area contributed by atoms with Gasteiger partial charge < -0.3 is 10.4 Å². The third-order valence-electron chi connectivity index (χ3n) is 6.01. The second kappa shape index (κ2) is 14.7. The van der Waals surface area contributed by atoms with Crippen molar-refractivity contribution in [2.24, 2.45) is 0 Å². The number of carbonyl (C=O) groups excluding carboxylic acids is 1. The number of benzene rings is 3. The molecule has 3 aromatic carbocycles. The zero-order chi connectivity index (χ0) is 29.3. The molecule has 0 radical (unpaired) electrons. The molecule has 0 aliphatic carbocycles. The lowest BCUT2D eigenvalue weighted by Crippen LogP contribution is -2.39. The molecule has 2 atom stereocenters. The summed E-state index contributed by atoms with van der Waals surface area (Å²) in [7, 11) is -3.03. The number of nitrogens with one attached hydrogen (secondary N) is 1. The monoisotopic (exact) mass is 611 g/mol. The Morgan fingerprint density at radius 2 is 1.54 bits per heavy atom. The molecule has 0 fully saturated rings. The fourth-order valence-electron chi connectivity index (χ4n) is 3.64. The van der Waals surface area contributed by atoms with Crippen molar-refractivity contribution in [2.45, 2.75) is 56.9 Å². The summed E-state index contributed by atoms with van der Waals surface area (Å²) < 4.78 is 22.0. The smallest absolute Gasteiger partial charge is 0.325 e. The maximum atomic E-state index is 12.0. The quantitative estimate of drug-likeness (QED) is 0.273. The van der Waals surface area contributed by atoms with Crippen LogP contribution in [0.25, 0.3) is 0 Å². The minimum atomic E-state index is -3.03. The van der Waals surface area contributed by atoms with Crippen LogP contribution in [-0.4, -0.2) is 37.7 Å². The van der Waals surface area contributed by atoms with E-state index in [4.69, 9.17) is 39.9 Å². The SMILES string of the molecule is CC(NC(=O)Cc1c(Cl)cc(C(C)CCc2ccc(Cl)cc2)cc1Cl)C(=O)O.Cc1cccc(S(C)(=O)=O)c1. The fraction of sp³-hybridized carbons (Fsp3) is 0.310. The van der Waals surface area contributed by atoms with Gasteiger partial charge in [0.05, 0.1) is 11.3 Å². The van der Waals surface area contributed by atoms with Crippen molar-refractivity contribution in [3.63, 3.8) is 0 Å². The van der Waals surface area contributed by atoms with Gasteiger partial charge in [0.1, 0.15) is 6.04 Å². The van der Waals surface area contributed by atoms with E-state index in [1.165, 1.54) is 18.7 Å². The summed E-state index contributed by atoms with van der Waals surface area (Å²) in [4.78, 5) is 23.3. The minimum Gasteiger partial charge on any atom is -0.480 e. The van der Waals surface area contributed by atoms with Crippen LogP contribution in [0.3, 0.4) is 0 Å². The maximum Gasteiger partial charge on any atom is 0.325 e. The molecule has 0 aliphatic heterocycles. The fourth-order valence-corrected chi connectivity index (χ4v) is 5.13. The van der Waals surface area contributed by atoms with Gasteiger partial charge in [-0.2, -0.15) is 0 Å². The van der Waals surface area contributed by atoms with Gasteiger partial charge in [-0.05, 0) is 91.3 Å². The molecule has 10 heteroatoms. The van der Waals surface area contributed by atoms with Gasteiger partial charge in [-0.1, -0.05) is 66.0 Å². The molecule has 0 saturated heterocycles. The molecule has 0 saturated carbocycles. The normalized spacial score (nSPS) is 12.6. The lowest BCUT2D eigenvalue weighted by molar-refractivity contribution is -0.141. The first-order chi connectivity index (χ1) is 18.2. The number of aliphatic carboxylic acids is 1. The Bertz CT molecular complexity index is 1390. The number of halogens is 3. The second-order valence-corrected chi connectivity index (χ2v) is 12.7. The van der Waals surface area contributed by atoms with Crippen LogP contribution in [0.1, 0.15) is 48.4 Å². The predicted octanol–water partition coefficient (Wildman–Crippen LogP) is 6.91. The van der Waals surface area contributed by atoms with E-state index in [-0.39, 0.29) is 12.3 Å². The van der Waals surface area contributed by atoms with Crippen LogP contribution in [0.2, 0.25) is 15.1 Å². The van der Waals surface area contributed by atoms with Crippen LogP contribution in [-0.2, 0) is 32.3 Å². The van der Waals surface area contributed by atoms with Gasteiger partial charge in [-0.3, -0.25) is 9.59 Å². The van der Waals surface area contributed by atoms with E-state index < -0.39 is 27.8 Å².